The second-order valence-corrected chi connectivity index (χ2v) is 6.62. The van der Waals surface area contributed by atoms with Gasteiger partial charge in [-0.2, -0.15) is 0 Å². The fraction of sp³-hybridized carbons (Fsp3) is 0.611. The van der Waals surface area contributed by atoms with E-state index < -0.39 is 5.54 Å². The second kappa shape index (κ2) is 10.9. The number of halogens is 2. The van der Waals surface area contributed by atoms with Crippen molar-refractivity contribution in [1.29, 1.82) is 0 Å². The van der Waals surface area contributed by atoms with Crippen molar-refractivity contribution in [2.75, 3.05) is 25.0 Å². The van der Waals surface area contributed by atoms with Gasteiger partial charge >= 0.3 is 0 Å². The molecule has 0 saturated carbocycles. The molecule has 1 aromatic rings. The topological polar surface area (TPSA) is 58.4 Å². The third-order valence-electron chi connectivity index (χ3n) is 4.42. The number of rotatable bonds is 7. The second-order valence-electron chi connectivity index (χ2n) is 6.62. The number of carbonyl (C=O) groups is 1. The minimum atomic E-state index is -0.802. The molecule has 6 heteroatoms. The molecule has 2 rings (SSSR count). The van der Waals surface area contributed by atoms with Gasteiger partial charge in [-0.1, -0.05) is 25.5 Å². The number of nitrogens with one attached hydrogen (secondary N) is 1. The summed E-state index contributed by atoms with van der Waals surface area (Å²) in [6.45, 7) is 7.42. The summed E-state index contributed by atoms with van der Waals surface area (Å²) in [6, 6.07) is 8.14. The van der Waals surface area contributed by atoms with Crippen LogP contribution in [0.4, 0.5) is 5.69 Å². The molecular weight excluding hydrogens is 345 g/mol. The Morgan fingerprint density at radius 2 is 1.79 bits per heavy atom. The van der Waals surface area contributed by atoms with Crippen LogP contribution in [0.1, 0.15) is 45.1 Å². The Balaban J connectivity index is 0.00000264. The highest BCUT2D eigenvalue weighted by molar-refractivity contribution is 5.97. The third kappa shape index (κ3) is 6.98. The molecule has 1 saturated heterocycles. The van der Waals surface area contributed by atoms with Crippen molar-refractivity contribution in [3.63, 3.8) is 0 Å². The minimum absolute atomic E-state index is 0. The van der Waals surface area contributed by atoms with Crippen LogP contribution in [-0.2, 0) is 11.2 Å². The van der Waals surface area contributed by atoms with Crippen LogP contribution in [0, 0.1) is 0 Å². The molecule has 1 aromatic carbocycles. The van der Waals surface area contributed by atoms with Gasteiger partial charge in [0.05, 0.1) is 5.54 Å². The third-order valence-corrected chi connectivity index (χ3v) is 4.42. The molecule has 4 nitrogen and oxygen atoms in total. The number of benzene rings is 1. The van der Waals surface area contributed by atoms with Crippen LogP contribution < -0.4 is 11.1 Å². The molecule has 1 unspecified atom stereocenters. The van der Waals surface area contributed by atoms with Gasteiger partial charge in [-0.15, -0.1) is 24.8 Å². The molecule has 1 amide bonds. The highest BCUT2D eigenvalue weighted by Crippen LogP contribution is 2.16. The lowest BCUT2D eigenvalue weighted by atomic mass is 9.96. The minimum Gasteiger partial charge on any atom is -0.325 e. The summed E-state index contributed by atoms with van der Waals surface area (Å²) in [7, 11) is 0. The first-order valence-electron chi connectivity index (χ1n) is 8.43. The Morgan fingerprint density at radius 1 is 1.21 bits per heavy atom. The van der Waals surface area contributed by atoms with E-state index in [1.54, 1.807) is 6.92 Å². The van der Waals surface area contributed by atoms with Gasteiger partial charge < -0.3 is 16.0 Å². The summed E-state index contributed by atoms with van der Waals surface area (Å²) in [4.78, 5) is 14.7. The molecule has 0 aliphatic carbocycles. The number of amides is 1. The summed E-state index contributed by atoms with van der Waals surface area (Å²) in [5, 5.41) is 2.92. The zero-order valence-corrected chi connectivity index (χ0v) is 16.3. The zero-order valence-electron chi connectivity index (χ0n) is 14.7. The quantitative estimate of drug-likeness (QED) is 0.764. The van der Waals surface area contributed by atoms with Gasteiger partial charge in [0.2, 0.25) is 5.91 Å². The molecule has 3 N–H and O–H groups in total. The van der Waals surface area contributed by atoms with Crippen LogP contribution in [0.15, 0.2) is 24.3 Å². The summed E-state index contributed by atoms with van der Waals surface area (Å²) in [5.41, 5.74) is 7.38. The van der Waals surface area contributed by atoms with Crippen molar-refractivity contribution in [3.05, 3.63) is 29.8 Å². The predicted molar refractivity (Wildman–Crippen MR) is 106 cm³/mol. The predicted octanol–water partition coefficient (Wildman–Crippen LogP) is 3.62. The Bertz CT molecular complexity index is 486. The van der Waals surface area contributed by atoms with Crippen molar-refractivity contribution in [3.8, 4) is 0 Å². The smallest absolute Gasteiger partial charge is 0.244 e. The van der Waals surface area contributed by atoms with Crippen molar-refractivity contribution in [2.45, 2.75) is 51.5 Å². The summed E-state index contributed by atoms with van der Waals surface area (Å²) >= 11 is 0. The van der Waals surface area contributed by atoms with Crippen LogP contribution in [0.3, 0.4) is 0 Å². The van der Waals surface area contributed by atoms with Crippen LogP contribution in [0.25, 0.3) is 0 Å². The first kappa shape index (κ1) is 23.2. The average Bonchev–Trinajstić information content (AvgIpc) is 3.00. The number of likely N-dealkylation sites (tertiary alicyclic amines) is 1. The molecule has 24 heavy (non-hydrogen) atoms. The molecule has 1 aliphatic rings. The molecule has 1 atom stereocenters. The van der Waals surface area contributed by atoms with E-state index in [0.29, 0.717) is 6.42 Å². The fourth-order valence-corrected chi connectivity index (χ4v) is 2.95. The normalized spacial score (nSPS) is 16.6. The summed E-state index contributed by atoms with van der Waals surface area (Å²) in [6.07, 6.45) is 5.32. The van der Waals surface area contributed by atoms with E-state index in [2.05, 4.69) is 22.3 Å². The SMILES string of the molecule is CCCC(C)(N)C(=O)Nc1ccc(CCN2CCCC2)cc1.Cl.Cl. The van der Waals surface area contributed by atoms with E-state index in [1.165, 1.54) is 31.5 Å². The zero-order chi connectivity index (χ0) is 16.0. The lowest BCUT2D eigenvalue weighted by molar-refractivity contribution is -0.120. The maximum absolute atomic E-state index is 12.2. The summed E-state index contributed by atoms with van der Waals surface area (Å²) < 4.78 is 0. The lowest BCUT2D eigenvalue weighted by Crippen LogP contribution is -2.48. The van der Waals surface area contributed by atoms with Gasteiger partial charge in [0, 0.05) is 12.2 Å². The maximum atomic E-state index is 12.2. The van der Waals surface area contributed by atoms with Crippen LogP contribution in [0.2, 0.25) is 0 Å². The monoisotopic (exact) mass is 375 g/mol. The van der Waals surface area contributed by atoms with Crippen LogP contribution in [0.5, 0.6) is 0 Å². The van der Waals surface area contributed by atoms with E-state index in [0.717, 1.165) is 25.1 Å². The van der Waals surface area contributed by atoms with Crippen molar-refractivity contribution in [1.82, 2.24) is 4.90 Å². The summed E-state index contributed by atoms with van der Waals surface area (Å²) in [5.74, 6) is -0.112. The average molecular weight is 376 g/mol. The van der Waals surface area contributed by atoms with E-state index in [-0.39, 0.29) is 30.7 Å². The van der Waals surface area contributed by atoms with Gasteiger partial charge in [-0.05, 0) is 63.4 Å². The highest BCUT2D eigenvalue weighted by Gasteiger charge is 2.27. The largest absolute Gasteiger partial charge is 0.325 e. The van der Waals surface area contributed by atoms with Crippen LogP contribution in [-0.4, -0.2) is 36.0 Å². The molecule has 0 bridgehead atoms. The van der Waals surface area contributed by atoms with Crippen molar-refractivity contribution in [2.24, 2.45) is 5.73 Å². The Morgan fingerprint density at radius 3 is 2.33 bits per heavy atom. The Hall–Kier alpha value is -0.810. The lowest BCUT2D eigenvalue weighted by Gasteiger charge is -2.22. The number of nitrogens with two attached hydrogens (primary N) is 1. The van der Waals surface area contributed by atoms with Crippen LogP contribution >= 0.6 is 24.8 Å². The van der Waals surface area contributed by atoms with E-state index >= 15 is 0 Å². The van der Waals surface area contributed by atoms with E-state index in [9.17, 15) is 4.79 Å². The Labute approximate surface area is 158 Å². The first-order chi connectivity index (χ1) is 10.5. The molecule has 1 fully saturated rings. The Kier molecular flexibility index (Phi) is 10.6. The van der Waals surface area contributed by atoms with Gasteiger partial charge in [-0.3, -0.25) is 4.79 Å². The number of nitrogens with zero attached hydrogens (tertiary/aromatic N) is 1. The molecular formula is C18H31Cl2N3O. The number of hydrogen-bond acceptors (Lipinski definition) is 3. The van der Waals surface area contributed by atoms with Gasteiger partial charge in [0.1, 0.15) is 0 Å². The van der Waals surface area contributed by atoms with Crippen molar-refractivity contribution < 1.29 is 4.79 Å². The molecule has 1 heterocycles. The van der Waals surface area contributed by atoms with Gasteiger partial charge in [-0.25, -0.2) is 0 Å². The molecule has 0 radical (unpaired) electrons. The number of carbonyl (C=O) groups excluding carboxylic acids is 1. The molecule has 138 valence electrons. The maximum Gasteiger partial charge on any atom is 0.244 e. The van der Waals surface area contributed by atoms with Gasteiger partial charge in [0.25, 0.3) is 0 Å². The standard InChI is InChI=1S/C18H29N3O.2ClH/c1-3-11-18(2,19)17(22)20-16-8-6-15(7-9-16)10-14-21-12-4-5-13-21;;/h6-9H,3-5,10-14,19H2,1-2H3,(H,20,22);2*1H. The number of anilines is 1. The van der Waals surface area contributed by atoms with E-state index in [4.69, 9.17) is 5.73 Å². The number of hydrogen-bond donors (Lipinski definition) is 2. The fourth-order valence-electron chi connectivity index (χ4n) is 2.95. The first-order valence-corrected chi connectivity index (χ1v) is 8.43. The molecule has 0 spiro atoms. The molecule has 0 aromatic heterocycles. The van der Waals surface area contributed by atoms with Crippen molar-refractivity contribution >= 4 is 36.4 Å². The van der Waals surface area contributed by atoms with Gasteiger partial charge in [0.15, 0.2) is 0 Å². The molecule has 1 aliphatic heterocycles. The highest BCUT2D eigenvalue weighted by atomic mass is 35.5. The van der Waals surface area contributed by atoms with E-state index in [1.807, 2.05) is 19.1 Å².